The normalized spacial score (nSPS) is 13.0. The molecule has 2 aromatic carbocycles. The molecule has 0 atom stereocenters. The lowest BCUT2D eigenvalue weighted by molar-refractivity contribution is -0.121. The van der Waals surface area contributed by atoms with Gasteiger partial charge in [0.2, 0.25) is 0 Å². The number of rotatable bonds is 4. The van der Waals surface area contributed by atoms with Crippen molar-refractivity contribution < 1.29 is 9.59 Å². The van der Waals surface area contributed by atoms with Gasteiger partial charge in [0.15, 0.2) is 0 Å². The van der Waals surface area contributed by atoms with Gasteiger partial charge in [0.1, 0.15) is 5.78 Å². The number of hydrogen-bond acceptors (Lipinski definition) is 2. The van der Waals surface area contributed by atoms with Gasteiger partial charge < -0.3 is 5.32 Å². The van der Waals surface area contributed by atoms with Crippen LogP contribution in [0.3, 0.4) is 0 Å². The Morgan fingerprint density at radius 1 is 1.08 bits per heavy atom. The summed E-state index contributed by atoms with van der Waals surface area (Å²) in [6.45, 7) is 4.52. The fourth-order valence-corrected chi connectivity index (χ4v) is 2.85. The van der Waals surface area contributed by atoms with Crippen molar-refractivity contribution in [1.82, 2.24) is 0 Å². The van der Waals surface area contributed by atoms with Gasteiger partial charge in [0.25, 0.3) is 0 Å². The number of nitrogens with one attached hydrogen (secondary N) is 1. The van der Waals surface area contributed by atoms with Gasteiger partial charge in [-0.1, -0.05) is 44.2 Å². The molecule has 1 aliphatic rings. The lowest BCUT2D eigenvalue weighted by Crippen LogP contribution is -2.33. The summed E-state index contributed by atoms with van der Waals surface area (Å²) in [7, 11) is 0. The first-order chi connectivity index (χ1) is 11.5. The maximum absolute atomic E-state index is 12.5. The summed E-state index contributed by atoms with van der Waals surface area (Å²) in [5.41, 5.74) is 3.90. The predicted molar refractivity (Wildman–Crippen MR) is 96.5 cm³/mol. The average molecular weight is 322 g/mol. The summed E-state index contributed by atoms with van der Waals surface area (Å²) in [6, 6.07) is 15.4. The number of hydrogen-bond donors (Lipinski definition) is 1. The maximum atomic E-state index is 12.5. The van der Waals surface area contributed by atoms with Crippen molar-refractivity contribution in [1.29, 1.82) is 0 Å². The number of benzene rings is 2. The van der Waals surface area contributed by atoms with E-state index in [-0.39, 0.29) is 17.7 Å². The minimum Gasteiger partial charge on any atom is -0.308 e. The van der Waals surface area contributed by atoms with Crippen LogP contribution in [0.2, 0.25) is 0 Å². The second-order valence-electron chi connectivity index (χ2n) is 6.46. The number of para-hydroxylation sites is 1. The Labute approximate surface area is 142 Å². The lowest BCUT2D eigenvalue weighted by atomic mass is 10.0. The van der Waals surface area contributed by atoms with E-state index >= 15 is 0 Å². The van der Waals surface area contributed by atoms with Gasteiger partial charge in [-0.2, -0.15) is 0 Å². The van der Waals surface area contributed by atoms with E-state index in [4.69, 9.17) is 0 Å². The maximum Gasteiger partial charge on any atom is 0.326 e. The Morgan fingerprint density at radius 2 is 1.79 bits per heavy atom. The van der Waals surface area contributed by atoms with Crippen LogP contribution < -0.4 is 10.2 Å². The van der Waals surface area contributed by atoms with Crippen LogP contribution in [-0.2, 0) is 17.6 Å². The first-order valence-electron chi connectivity index (χ1n) is 8.32. The molecule has 0 fully saturated rings. The first kappa shape index (κ1) is 16.2. The molecule has 0 spiro atoms. The Balaban J connectivity index is 1.64. The third-order valence-corrected chi connectivity index (χ3v) is 4.36. The Bertz CT molecular complexity index is 750. The summed E-state index contributed by atoms with van der Waals surface area (Å²) >= 11 is 0. The van der Waals surface area contributed by atoms with Crippen molar-refractivity contribution in [3.8, 4) is 0 Å². The number of nitrogens with zero attached hydrogens (tertiary/aromatic N) is 1. The van der Waals surface area contributed by atoms with E-state index in [2.05, 4.69) is 11.4 Å². The molecular weight excluding hydrogens is 300 g/mol. The summed E-state index contributed by atoms with van der Waals surface area (Å²) in [5.74, 6) is 0.264. The van der Waals surface area contributed by atoms with Crippen LogP contribution in [-0.4, -0.2) is 18.4 Å². The van der Waals surface area contributed by atoms with Crippen molar-refractivity contribution in [3.63, 3.8) is 0 Å². The van der Waals surface area contributed by atoms with E-state index in [1.54, 1.807) is 4.90 Å². The largest absolute Gasteiger partial charge is 0.326 e. The molecule has 0 radical (unpaired) electrons. The van der Waals surface area contributed by atoms with Crippen molar-refractivity contribution in [3.05, 3.63) is 59.7 Å². The van der Waals surface area contributed by atoms with E-state index in [0.717, 1.165) is 23.4 Å². The van der Waals surface area contributed by atoms with E-state index < -0.39 is 0 Å². The molecule has 0 saturated heterocycles. The van der Waals surface area contributed by atoms with Gasteiger partial charge in [-0.25, -0.2) is 4.79 Å². The summed E-state index contributed by atoms with van der Waals surface area (Å²) in [6.07, 6.45) is 1.32. The summed E-state index contributed by atoms with van der Waals surface area (Å²) < 4.78 is 0. The van der Waals surface area contributed by atoms with Crippen molar-refractivity contribution in [2.24, 2.45) is 5.92 Å². The van der Waals surface area contributed by atoms with Gasteiger partial charge in [-0.3, -0.25) is 9.69 Å². The topological polar surface area (TPSA) is 49.4 Å². The first-order valence-corrected chi connectivity index (χ1v) is 8.32. The molecule has 2 aromatic rings. The van der Waals surface area contributed by atoms with Gasteiger partial charge >= 0.3 is 6.03 Å². The average Bonchev–Trinajstić information content (AvgIpc) is 3.00. The highest BCUT2D eigenvalue weighted by atomic mass is 16.2. The van der Waals surface area contributed by atoms with Crippen LogP contribution in [0, 0.1) is 5.92 Å². The molecule has 1 aliphatic heterocycles. The number of carbonyl (C=O) groups is 2. The SMILES string of the molecule is CC(C)C(=O)Cc1ccc(NC(=O)N2CCc3ccccc32)cc1. The standard InChI is InChI=1S/C20H22N2O2/c1-14(2)19(23)13-15-7-9-17(10-8-15)21-20(24)22-12-11-16-5-3-4-6-18(16)22/h3-10,14H,11-13H2,1-2H3,(H,21,24). The number of fused-ring (bicyclic) bond motifs is 1. The number of carbonyl (C=O) groups excluding carboxylic acids is 2. The second-order valence-corrected chi connectivity index (χ2v) is 6.46. The number of amides is 2. The monoisotopic (exact) mass is 322 g/mol. The molecule has 1 N–H and O–H groups in total. The molecule has 0 saturated carbocycles. The minimum absolute atomic E-state index is 0.0413. The van der Waals surface area contributed by atoms with Crippen molar-refractivity contribution in [2.45, 2.75) is 26.7 Å². The molecule has 0 bridgehead atoms. The number of urea groups is 1. The van der Waals surface area contributed by atoms with E-state index in [1.807, 2.05) is 56.3 Å². The third kappa shape index (κ3) is 3.48. The number of anilines is 2. The molecular formula is C20H22N2O2. The molecule has 24 heavy (non-hydrogen) atoms. The number of Topliss-reactive ketones (excluding diaryl/α,β-unsaturated/α-hetero) is 1. The zero-order chi connectivity index (χ0) is 17.1. The lowest BCUT2D eigenvalue weighted by Gasteiger charge is -2.18. The molecule has 0 aliphatic carbocycles. The zero-order valence-electron chi connectivity index (χ0n) is 14.1. The quantitative estimate of drug-likeness (QED) is 0.923. The van der Waals surface area contributed by atoms with Crippen LogP contribution in [0.4, 0.5) is 16.2 Å². The molecule has 0 unspecified atom stereocenters. The van der Waals surface area contributed by atoms with Crippen LogP contribution in [0.25, 0.3) is 0 Å². The van der Waals surface area contributed by atoms with Crippen LogP contribution in [0.5, 0.6) is 0 Å². The molecule has 2 amide bonds. The molecule has 4 nitrogen and oxygen atoms in total. The van der Waals surface area contributed by atoms with Gasteiger partial charge in [0.05, 0.1) is 0 Å². The van der Waals surface area contributed by atoms with Crippen LogP contribution in [0.1, 0.15) is 25.0 Å². The Morgan fingerprint density at radius 3 is 2.50 bits per heavy atom. The zero-order valence-corrected chi connectivity index (χ0v) is 14.1. The highest BCUT2D eigenvalue weighted by molar-refractivity contribution is 6.03. The molecule has 124 valence electrons. The van der Waals surface area contributed by atoms with Gasteiger partial charge in [-0.05, 0) is 35.7 Å². The predicted octanol–water partition coefficient (Wildman–Crippen LogP) is 4.05. The fourth-order valence-electron chi connectivity index (χ4n) is 2.85. The second kappa shape index (κ2) is 6.87. The smallest absolute Gasteiger partial charge is 0.308 e. The van der Waals surface area contributed by atoms with E-state index in [0.29, 0.717) is 13.0 Å². The number of ketones is 1. The molecule has 1 heterocycles. The third-order valence-electron chi connectivity index (χ3n) is 4.36. The summed E-state index contributed by atoms with van der Waals surface area (Å²) in [5, 5.41) is 2.93. The van der Waals surface area contributed by atoms with Crippen molar-refractivity contribution in [2.75, 3.05) is 16.8 Å². The fraction of sp³-hybridized carbons (Fsp3) is 0.300. The van der Waals surface area contributed by atoms with E-state index in [9.17, 15) is 9.59 Å². The highest BCUT2D eigenvalue weighted by Gasteiger charge is 2.24. The van der Waals surface area contributed by atoms with Gasteiger partial charge in [-0.15, -0.1) is 0 Å². The minimum atomic E-state index is -0.119. The molecule has 3 rings (SSSR count). The summed E-state index contributed by atoms with van der Waals surface area (Å²) in [4.78, 5) is 26.0. The highest BCUT2D eigenvalue weighted by Crippen LogP contribution is 2.28. The van der Waals surface area contributed by atoms with Gasteiger partial charge in [0, 0.05) is 30.3 Å². The molecule has 0 aromatic heterocycles. The van der Waals surface area contributed by atoms with Crippen molar-refractivity contribution >= 4 is 23.2 Å². The Kier molecular flexibility index (Phi) is 4.65. The van der Waals surface area contributed by atoms with E-state index in [1.165, 1.54) is 5.56 Å². The van der Waals surface area contributed by atoms with Crippen LogP contribution >= 0.6 is 0 Å². The van der Waals surface area contributed by atoms with Crippen LogP contribution in [0.15, 0.2) is 48.5 Å². The molecule has 4 heteroatoms. The Hall–Kier alpha value is -2.62.